The quantitative estimate of drug-likeness (QED) is 0.427. The zero-order valence-corrected chi connectivity index (χ0v) is 19.8. The van der Waals surface area contributed by atoms with Crippen molar-refractivity contribution in [3.05, 3.63) is 64.2 Å². The molecule has 0 spiro atoms. The largest absolute Gasteiger partial charge is 0.435 e. The minimum atomic E-state index is -4.84. The van der Waals surface area contributed by atoms with Crippen LogP contribution in [0.15, 0.2) is 42.5 Å². The van der Waals surface area contributed by atoms with Gasteiger partial charge >= 0.3 is 18.4 Å². The molecule has 1 heterocycles. The van der Waals surface area contributed by atoms with Gasteiger partial charge in [-0.25, -0.2) is 4.79 Å². The number of carbonyl (C=O) groups excluding carboxylic acids is 1. The topological polar surface area (TPSA) is 50.8 Å². The number of halogens is 8. The Kier molecular flexibility index (Phi) is 9.69. The summed E-state index contributed by atoms with van der Waals surface area (Å²) in [6.45, 7) is 1.24. The van der Waals surface area contributed by atoms with Gasteiger partial charge in [0.05, 0.1) is 18.3 Å². The molecule has 2 aromatic carbocycles. The molecule has 35 heavy (non-hydrogen) atoms. The van der Waals surface area contributed by atoms with E-state index in [1.54, 1.807) is 13.0 Å². The second-order valence-electron chi connectivity index (χ2n) is 7.76. The molecular weight excluding hydrogens is 525 g/mol. The van der Waals surface area contributed by atoms with Gasteiger partial charge in [-0.05, 0) is 42.3 Å². The molecule has 0 radical (unpaired) electrons. The van der Waals surface area contributed by atoms with Gasteiger partial charge in [0.25, 0.3) is 0 Å². The van der Waals surface area contributed by atoms with Crippen molar-refractivity contribution in [3.63, 3.8) is 0 Å². The minimum Gasteiger partial charge on any atom is -0.435 e. The number of aryl methyl sites for hydroxylation is 1. The van der Waals surface area contributed by atoms with E-state index in [2.05, 4.69) is 10.1 Å². The van der Waals surface area contributed by atoms with E-state index in [1.807, 2.05) is 0 Å². The van der Waals surface area contributed by atoms with Crippen molar-refractivity contribution in [3.8, 4) is 0 Å². The number of hydrogen-bond donors (Lipinski definition) is 1. The van der Waals surface area contributed by atoms with Crippen LogP contribution in [0.4, 0.5) is 36.8 Å². The zero-order chi connectivity index (χ0) is 25.1. The van der Waals surface area contributed by atoms with E-state index in [1.165, 1.54) is 29.2 Å². The normalized spacial score (nSPS) is 17.9. The number of alkyl halides is 6. The minimum absolute atomic E-state index is 0. The monoisotopic (exact) mass is 546 g/mol. The van der Waals surface area contributed by atoms with Crippen LogP contribution >= 0.6 is 24.0 Å². The van der Waals surface area contributed by atoms with Crippen molar-refractivity contribution in [2.24, 2.45) is 0 Å². The predicted octanol–water partition coefficient (Wildman–Crippen LogP) is 6.64. The van der Waals surface area contributed by atoms with Gasteiger partial charge in [-0.1, -0.05) is 29.8 Å². The maximum absolute atomic E-state index is 13.6. The Morgan fingerprint density at radius 2 is 1.83 bits per heavy atom. The van der Waals surface area contributed by atoms with Gasteiger partial charge in [0.2, 0.25) is 6.10 Å². The average Bonchev–Trinajstić information content (AvgIpc) is 2.75. The molecule has 194 valence electrons. The van der Waals surface area contributed by atoms with Gasteiger partial charge in [0.1, 0.15) is 0 Å². The lowest BCUT2D eigenvalue weighted by molar-refractivity contribution is -0.209. The number of benzene rings is 2. The van der Waals surface area contributed by atoms with Gasteiger partial charge in [-0.3, -0.25) is 10.2 Å². The third-order valence-electron chi connectivity index (χ3n) is 5.22. The van der Waals surface area contributed by atoms with Crippen LogP contribution in [0.2, 0.25) is 5.02 Å². The first kappa shape index (κ1) is 29.0. The smallest absolute Gasteiger partial charge is 0.426 e. The summed E-state index contributed by atoms with van der Waals surface area (Å²) in [5.74, 6) is 0. The summed E-state index contributed by atoms with van der Waals surface area (Å²) in [6, 6.07) is 8.69. The molecule has 1 amide bonds. The lowest BCUT2D eigenvalue weighted by Crippen LogP contribution is -2.48. The van der Waals surface area contributed by atoms with E-state index in [-0.39, 0.29) is 37.8 Å². The summed E-state index contributed by atoms with van der Waals surface area (Å²) in [6.07, 6.45) is -13.8. The Balaban J connectivity index is 0.00000432. The summed E-state index contributed by atoms with van der Waals surface area (Å²) in [5, 5.41) is 2.55. The maximum atomic E-state index is 13.6. The van der Waals surface area contributed by atoms with Crippen molar-refractivity contribution in [2.75, 3.05) is 31.6 Å². The van der Waals surface area contributed by atoms with Gasteiger partial charge in [0.15, 0.2) is 0 Å². The highest BCUT2D eigenvalue weighted by atomic mass is 35.5. The summed E-state index contributed by atoms with van der Waals surface area (Å²) in [7, 11) is 0. The number of anilines is 1. The number of nitrogens with one attached hydrogen (secondary N) is 1. The molecule has 13 heteroatoms. The molecule has 1 aliphatic rings. The number of carbonyl (C=O) groups is 1. The molecule has 1 fully saturated rings. The Labute approximate surface area is 208 Å². The lowest BCUT2D eigenvalue weighted by atomic mass is 10.0. The fourth-order valence-electron chi connectivity index (χ4n) is 3.35. The number of morpholine rings is 1. The number of amides is 1. The summed E-state index contributed by atoms with van der Waals surface area (Å²) < 4.78 is 89.2. The molecule has 5 nitrogen and oxygen atoms in total. The lowest BCUT2D eigenvalue weighted by Gasteiger charge is -2.35. The van der Waals surface area contributed by atoms with Crippen molar-refractivity contribution in [2.45, 2.75) is 31.5 Å². The molecule has 0 bridgehead atoms. The van der Waals surface area contributed by atoms with Crippen LogP contribution in [-0.4, -0.2) is 49.5 Å². The second kappa shape index (κ2) is 11.7. The second-order valence-corrected chi connectivity index (χ2v) is 8.17. The predicted molar refractivity (Wildman–Crippen MR) is 120 cm³/mol. The molecule has 3 rings (SSSR count). The van der Waals surface area contributed by atoms with Gasteiger partial charge in [-0.15, -0.1) is 12.4 Å². The van der Waals surface area contributed by atoms with E-state index in [9.17, 15) is 31.1 Å². The first-order valence-corrected chi connectivity index (χ1v) is 10.5. The Morgan fingerprint density at radius 1 is 1.17 bits per heavy atom. The van der Waals surface area contributed by atoms with Crippen LogP contribution in [0, 0.1) is 6.92 Å². The Morgan fingerprint density at radius 3 is 2.40 bits per heavy atom. The van der Waals surface area contributed by atoms with Gasteiger partial charge in [0, 0.05) is 30.3 Å². The van der Waals surface area contributed by atoms with Crippen molar-refractivity contribution < 1.29 is 40.6 Å². The number of hydrogen-bond acceptors (Lipinski definition) is 4. The molecular formula is C22H22Cl2F6N2O3. The van der Waals surface area contributed by atoms with Crippen LogP contribution in [-0.2, 0) is 15.7 Å². The van der Waals surface area contributed by atoms with Crippen LogP contribution in [0.25, 0.3) is 0 Å². The van der Waals surface area contributed by atoms with Crippen LogP contribution < -0.4 is 5.32 Å². The van der Waals surface area contributed by atoms with E-state index >= 15 is 0 Å². The number of nitrogens with zero attached hydrogens (tertiary/aromatic N) is 1. The molecule has 2 atom stereocenters. The Hall–Kier alpha value is -2.21. The zero-order valence-electron chi connectivity index (χ0n) is 18.3. The maximum Gasteiger partial charge on any atom is 0.426 e. The first-order valence-electron chi connectivity index (χ1n) is 10.1. The molecule has 1 unspecified atom stereocenters. The highest BCUT2D eigenvalue weighted by molar-refractivity contribution is 6.31. The van der Waals surface area contributed by atoms with E-state index in [4.69, 9.17) is 16.3 Å². The molecule has 0 saturated carbocycles. The third kappa shape index (κ3) is 8.16. The van der Waals surface area contributed by atoms with E-state index in [0.717, 1.165) is 17.7 Å². The van der Waals surface area contributed by atoms with Crippen LogP contribution in [0.5, 0.6) is 0 Å². The number of ether oxygens (including phenoxy) is 2. The fraction of sp³-hybridized carbons (Fsp3) is 0.409. The Bertz CT molecular complexity index is 1000. The highest BCUT2D eigenvalue weighted by Gasteiger charge is 2.44. The molecule has 1 aliphatic heterocycles. The third-order valence-corrected chi connectivity index (χ3v) is 5.62. The highest BCUT2D eigenvalue weighted by Crippen LogP contribution is 2.32. The summed E-state index contributed by atoms with van der Waals surface area (Å²) in [4.78, 5) is 13.5. The molecule has 2 aromatic rings. The molecule has 0 aromatic heterocycles. The van der Waals surface area contributed by atoms with Crippen molar-refractivity contribution >= 4 is 35.8 Å². The van der Waals surface area contributed by atoms with E-state index in [0.29, 0.717) is 10.6 Å². The van der Waals surface area contributed by atoms with Gasteiger partial charge in [-0.2, -0.15) is 26.3 Å². The van der Waals surface area contributed by atoms with E-state index < -0.39 is 42.8 Å². The average molecular weight is 547 g/mol. The van der Waals surface area contributed by atoms with Crippen LogP contribution in [0.3, 0.4) is 0 Å². The SMILES string of the molecule is Cc1ccc(NC(=O)OC(CN2CCO[C@@H](c3ccc(C(F)(F)F)cc3)C2)C(F)(F)F)cc1Cl.Cl. The van der Waals surface area contributed by atoms with Crippen LogP contribution in [0.1, 0.15) is 22.8 Å². The summed E-state index contributed by atoms with van der Waals surface area (Å²) in [5.41, 5.74) is 0.463. The number of rotatable bonds is 5. The summed E-state index contributed by atoms with van der Waals surface area (Å²) >= 11 is 5.95. The fourth-order valence-corrected chi connectivity index (χ4v) is 3.53. The standard InChI is InChI=1S/C22H21ClF6N2O3.ClH/c1-13-2-7-16(10-17(13)23)30-20(32)34-19(22(27,28)29)12-31-8-9-33-18(11-31)14-3-5-15(6-4-14)21(24,25)26;/h2-7,10,18-19H,8-9,11-12H2,1H3,(H,30,32);1H/t18-,19?;/m1./s1. The van der Waals surface area contributed by atoms with Crippen molar-refractivity contribution in [1.82, 2.24) is 4.90 Å². The van der Waals surface area contributed by atoms with Crippen molar-refractivity contribution in [1.29, 1.82) is 0 Å². The molecule has 1 N–H and O–H groups in total. The molecule has 0 aliphatic carbocycles. The van der Waals surface area contributed by atoms with Gasteiger partial charge < -0.3 is 9.47 Å². The molecule has 1 saturated heterocycles. The first-order chi connectivity index (χ1) is 15.8.